The average molecular weight is 435 g/mol. The third-order valence-electron chi connectivity index (χ3n) is 5.87. The molecular weight excluding hydrogens is 414 g/mol. The van der Waals surface area contributed by atoms with E-state index >= 15 is 0 Å². The molecule has 0 saturated heterocycles. The smallest absolute Gasteiger partial charge is 0.328 e. The lowest BCUT2D eigenvalue weighted by molar-refractivity contribution is 0.447. The normalized spacial score (nSPS) is 16.3. The summed E-state index contributed by atoms with van der Waals surface area (Å²) in [6, 6.07) is 25.7. The molecule has 0 fully saturated rings. The van der Waals surface area contributed by atoms with Crippen LogP contribution < -0.4 is 11.2 Å². The molecule has 0 amide bonds. The third kappa shape index (κ3) is 3.72. The van der Waals surface area contributed by atoms with Gasteiger partial charge in [-0.25, -0.2) is 9.79 Å². The number of hydrogen-bond donors (Lipinski definition) is 3. The van der Waals surface area contributed by atoms with Crippen molar-refractivity contribution in [3.05, 3.63) is 133 Å². The van der Waals surface area contributed by atoms with Crippen molar-refractivity contribution in [3.8, 4) is 5.88 Å². The second-order valence-electron chi connectivity index (χ2n) is 7.95. The van der Waals surface area contributed by atoms with E-state index in [1.807, 2.05) is 79.7 Å². The van der Waals surface area contributed by atoms with E-state index in [1.165, 1.54) is 0 Å². The number of nitrogens with zero attached hydrogens (tertiary/aromatic N) is 1. The zero-order valence-electron chi connectivity index (χ0n) is 17.9. The van der Waals surface area contributed by atoms with Crippen LogP contribution in [-0.4, -0.2) is 20.8 Å². The van der Waals surface area contributed by atoms with Crippen LogP contribution in [0.25, 0.3) is 6.08 Å². The number of aromatic nitrogens is 2. The first kappa shape index (κ1) is 20.5. The highest BCUT2D eigenvalue weighted by molar-refractivity contribution is 6.18. The molecule has 1 unspecified atom stereocenters. The van der Waals surface area contributed by atoms with Crippen LogP contribution in [0.15, 0.2) is 99.0 Å². The van der Waals surface area contributed by atoms with Crippen molar-refractivity contribution in [1.29, 1.82) is 0 Å². The molecule has 0 radical (unpaired) electrons. The molecule has 6 heteroatoms. The van der Waals surface area contributed by atoms with Crippen molar-refractivity contribution in [2.45, 2.75) is 12.8 Å². The van der Waals surface area contributed by atoms with E-state index in [4.69, 9.17) is 4.99 Å². The Kier molecular flexibility index (Phi) is 5.11. The highest BCUT2D eigenvalue weighted by Gasteiger charge is 2.31. The number of fused-ring (bicyclic) bond motifs is 1. The van der Waals surface area contributed by atoms with Gasteiger partial charge in [-0.15, -0.1) is 0 Å². The zero-order valence-corrected chi connectivity index (χ0v) is 17.9. The van der Waals surface area contributed by atoms with Gasteiger partial charge in [0.2, 0.25) is 5.88 Å². The summed E-state index contributed by atoms with van der Waals surface area (Å²) in [5, 5.41) is 10.4. The third-order valence-corrected chi connectivity index (χ3v) is 5.87. The van der Waals surface area contributed by atoms with Crippen molar-refractivity contribution in [1.82, 2.24) is 9.97 Å². The first-order valence-corrected chi connectivity index (χ1v) is 10.6. The van der Waals surface area contributed by atoms with E-state index in [2.05, 4.69) is 16.0 Å². The molecule has 5 rings (SSSR count). The van der Waals surface area contributed by atoms with Gasteiger partial charge in [-0.2, -0.15) is 0 Å². The molecule has 0 bridgehead atoms. The van der Waals surface area contributed by atoms with Gasteiger partial charge in [0.05, 0.1) is 11.4 Å². The first-order chi connectivity index (χ1) is 16.0. The second-order valence-corrected chi connectivity index (χ2v) is 7.95. The van der Waals surface area contributed by atoms with E-state index in [9.17, 15) is 14.7 Å². The quantitative estimate of drug-likeness (QED) is 0.444. The maximum atomic E-state index is 12.6. The molecule has 6 nitrogen and oxygen atoms in total. The van der Waals surface area contributed by atoms with Crippen molar-refractivity contribution < 1.29 is 5.11 Å². The van der Waals surface area contributed by atoms with Crippen LogP contribution in [0.3, 0.4) is 0 Å². The predicted molar refractivity (Wildman–Crippen MR) is 129 cm³/mol. The topological polar surface area (TPSA) is 98.3 Å². The van der Waals surface area contributed by atoms with Gasteiger partial charge in [-0.05, 0) is 41.3 Å². The number of hydrogen-bond acceptors (Lipinski definition) is 4. The summed E-state index contributed by atoms with van der Waals surface area (Å²) in [7, 11) is 0. The van der Waals surface area contributed by atoms with Crippen LogP contribution in [0.1, 0.15) is 33.7 Å². The van der Waals surface area contributed by atoms with Gasteiger partial charge in [0.25, 0.3) is 5.56 Å². The maximum Gasteiger partial charge on any atom is 0.328 e. The number of aliphatic imine (C=N–C) groups is 1. The number of nitrogens with one attached hydrogen (secondary N) is 2. The SMILES string of the molecule is Cc1ccccc1C1C(=Cc2c(O)[nH]c(=O)[nH]c2=O)C(c2ccccc2)=Nc2ccccc21. The fourth-order valence-corrected chi connectivity index (χ4v) is 4.32. The number of H-pyrrole nitrogens is 2. The number of aryl methyl sites for hydroxylation is 1. The van der Waals surface area contributed by atoms with E-state index in [1.54, 1.807) is 6.08 Å². The molecular formula is C27H21N3O3. The van der Waals surface area contributed by atoms with E-state index in [-0.39, 0.29) is 11.5 Å². The number of allylic oxidation sites excluding steroid dienone is 1. The van der Waals surface area contributed by atoms with Gasteiger partial charge in [0, 0.05) is 11.5 Å². The standard InChI is InChI=1S/C27H21N3O3/c1-16-9-5-6-12-18(16)23-19-13-7-8-14-22(19)28-24(17-10-3-2-4-11-17)20(23)15-21-25(31)29-27(33)30-26(21)32/h2-15,23H,1H3,(H3,29,30,31,32,33). The minimum atomic E-state index is -0.763. The molecule has 0 spiro atoms. The first-order valence-electron chi connectivity index (χ1n) is 10.6. The van der Waals surface area contributed by atoms with Gasteiger partial charge in [-0.3, -0.25) is 14.8 Å². The number of rotatable bonds is 3. The van der Waals surface area contributed by atoms with Gasteiger partial charge in [-0.1, -0.05) is 72.8 Å². The molecule has 3 aromatic carbocycles. The lowest BCUT2D eigenvalue weighted by Gasteiger charge is -2.30. The van der Waals surface area contributed by atoms with Gasteiger partial charge >= 0.3 is 5.69 Å². The Morgan fingerprint density at radius 1 is 0.848 bits per heavy atom. The summed E-state index contributed by atoms with van der Waals surface area (Å²) >= 11 is 0. The molecule has 33 heavy (non-hydrogen) atoms. The minimum absolute atomic E-state index is 0.0220. The van der Waals surface area contributed by atoms with Gasteiger partial charge in [0.15, 0.2) is 0 Å². The van der Waals surface area contributed by atoms with Crippen LogP contribution in [-0.2, 0) is 0 Å². The molecule has 4 aromatic rings. The predicted octanol–water partition coefficient (Wildman–Crippen LogP) is 4.43. The van der Waals surface area contributed by atoms with Crippen LogP contribution >= 0.6 is 0 Å². The Hall–Kier alpha value is -4.45. The Balaban J connectivity index is 1.87. The maximum absolute atomic E-state index is 12.6. The minimum Gasteiger partial charge on any atom is -0.494 e. The number of benzene rings is 3. The van der Waals surface area contributed by atoms with Crippen LogP contribution in [0.5, 0.6) is 5.88 Å². The molecule has 1 atom stereocenters. The van der Waals surface area contributed by atoms with Crippen molar-refractivity contribution in [2.24, 2.45) is 4.99 Å². The summed E-state index contributed by atoms with van der Waals surface area (Å²) in [5.74, 6) is -0.716. The number of aromatic amines is 2. The lowest BCUT2D eigenvalue weighted by Crippen LogP contribution is -2.25. The Morgan fingerprint density at radius 2 is 1.52 bits per heavy atom. The van der Waals surface area contributed by atoms with Crippen molar-refractivity contribution in [3.63, 3.8) is 0 Å². The molecule has 162 valence electrons. The molecule has 2 heterocycles. The number of para-hydroxylation sites is 1. The van der Waals surface area contributed by atoms with E-state index in [0.29, 0.717) is 5.71 Å². The van der Waals surface area contributed by atoms with Gasteiger partial charge < -0.3 is 5.11 Å². The van der Waals surface area contributed by atoms with Crippen molar-refractivity contribution in [2.75, 3.05) is 0 Å². The zero-order chi connectivity index (χ0) is 22.9. The van der Waals surface area contributed by atoms with Crippen LogP contribution in [0.2, 0.25) is 0 Å². The molecule has 1 aliphatic heterocycles. The van der Waals surface area contributed by atoms with Crippen LogP contribution in [0.4, 0.5) is 5.69 Å². The average Bonchev–Trinajstić information content (AvgIpc) is 2.82. The molecule has 0 saturated carbocycles. The van der Waals surface area contributed by atoms with E-state index < -0.39 is 17.1 Å². The highest BCUT2D eigenvalue weighted by Crippen LogP contribution is 2.44. The van der Waals surface area contributed by atoms with Crippen molar-refractivity contribution >= 4 is 17.5 Å². The fraction of sp³-hybridized carbons (Fsp3) is 0.0741. The summed E-state index contributed by atoms with van der Waals surface area (Å²) in [5.41, 5.74) is 4.90. The van der Waals surface area contributed by atoms with Crippen LogP contribution in [0, 0.1) is 6.92 Å². The largest absolute Gasteiger partial charge is 0.494 e. The highest BCUT2D eigenvalue weighted by atomic mass is 16.3. The van der Waals surface area contributed by atoms with Gasteiger partial charge in [0.1, 0.15) is 5.56 Å². The summed E-state index contributed by atoms with van der Waals surface area (Å²) in [6.45, 7) is 2.05. The summed E-state index contributed by atoms with van der Waals surface area (Å²) < 4.78 is 0. The summed E-state index contributed by atoms with van der Waals surface area (Å²) in [4.78, 5) is 33.7. The summed E-state index contributed by atoms with van der Waals surface area (Å²) in [6.07, 6.45) is 1.63. The monoisotopic (exact) mass is 435 g/mol. The second kappa shape index (κ2) is 8.24. The Morgan fingerprint density at radius 3 is 2.24 bits per heavy atom. The molecule has 0 aliphatic carbocycles. The molecule has 1 aliphatic rings. The fourth-order valence-electron chi connectivity index (χ4n) is 4.32. The Labute approximate surface area is 189 Å². The lowest BCUT2D eigenvalue weighted by atomic mass is 9.76. The van der Waals surface area contributed by atoms with E-state index in [0.717, 1.165) is 33.5 Å². The molecule has 1 aromatic heterocycles. The Bertz CT molecular complexity index is 1530. The number of aromatic hydroxyl groups is 1. The molecule has 3 N–H and O–H groups in total.